The van der Waals surface area contributed by atoms with Crippen LogP contribution in [0.15, 0.2) is 36.7 Å². The van der Waals surface area contributed by atoms with E-state index < -0.39 is 0 Å². The Hall–Kier alpha value is -2.96. The molecule has 1 aromatic carbocycles. The van der Waals surface area contributed by atoms with Crippen LogP contribution in [0.25, 0.3) is 0 Å². The number of hydrogen-bond donors (Lipinski definition) is 1. The number of amides is 2. The Morgan fingerprint density at radius 1 is 1.25 bits per heavy atom. The number of pyridine rings is 1. The summed E-state index contributed by atoms with van der Waals surface area (Å²) < 4.78 is 16.8. The van der Waals surface area contributed by atoms with Crippen LogP contribution in [-0.4, -0.2) is 41.9 Å². The molecule has 3 heterocycles. The molecule has 1 aromatic heterocycles. The molecule has 7 nitrogen and oxygen atoms in total. The molecule has 0 aliphatic carbocycles. The number of likely N-dealkylation sites (tertiary alicyclic amines) is 1. The number of benzene rings is 1. The number of carbonyl (C=O) groups excluding carboxylic acids is 1. The predicted octanol–water partition coefficient (Wildman–Crippen LogP) is 3.43. The number of aryl methyl sites for hydroxylation is 1. The lowest BCUT2D eigenvalue weighted by molar-refractivity contribution is 0.109. The fraction of sp³-hybridized carbons (Fsp3) is 0.429. The van der Waals surface area contributed by atoms with Gasteiger partial charge >= 0.3 is 6.03 Å². The van der Waals surface area contributed by atoms with Gasteiger partial charge in [0, 0.05) is 43.9 Å². The lowest BCUT2D eigenvalue weighted by atomic mass is 10.1. The van der Waals surface area contributed by atoms with Gasteiger partial charge in [-0.3, -0.25) is 4.98 Å². The molecule has 4 rings (SSSR count). The Bertz CT molecular complexity index is 849. The SMILES string of the molecule is Cc1cnccc1OC1CCN(C(=O)NC(C)c2ccc3c(c2)OCO3)CC1. The molecular weight excluding hydrogens is 358 g/mol. The molecule has 1 atom stereocenters. The standard InChI is InChI=1S/C21H25N3O4/c1-14-12-22-8-5-18(14)28-17-6-9-24(10-7-17)21(25)23-15(2)16-3-4-19-20(11-16)27-13-26-19/h3-5,8,11-12,15,17H,6-7,9-10,13H2,1-2H3,(H,23,25). The summed E-state index contributed by atoms with van der Waals surface area (Å²) >= 11 is 0. The van der Waals surface area contributed by atoms with E-state index in [9.17, 15) is 4.79 Å². The van der Waals surface area contributed by atoms with E-state index in [1.165, 1.54) is 0 Å². The highest BCUT2D eigenvalue weighted by Crippen LogP contribution is 2.34. The molecule has 0 saturated carbocycles. The van der Waals surface area contributed by atoms with Gasteiger partial charge in [0.15, 0.2) is 11.5 Å². The molecule has 1 N–H and O–H groups in total. The number of nitrogens with one attached hydrogen (secondary N) is 1. The second kappa shape index (κ2) is 7.96. The van der Waals surface area contributed by atoms with Crippen LogP contribution in [0.1, 0.15) is 36.9 Å². The largest absolute Gasteiger partial charge is 0.490 e. The third-order valence-corrected chi connectivity index (χ3v) is 5.23. The molecule has 2 aliphatic heterocycles. The van der Waals surface area contributed by atoms with Crippen molar-refractivity contribution >= 4 is 6.03 Å². The van der Waals surface area contributed by atoms with Gasteiger partial charge in [0.05, 0.1) is 6.04 Å². The van der Waals surface area contributed by atoms with Gasteiger partial charge in [-0.05, 0) is 37.6 Å². The zero-order valence-corrected chi connectivity index (χ0v) is 16.2. The normalized spacial score (nSPS) is 17.3. The van der Waals surface area contributed by atoms with Crippen molar-refractivity contribution in [2.75, 3.05) is 19.9 Å². The minimum absolute atomic E-state index is 0.0521. The van der Waals surface area contributed by atoms with Crippen LogP contribution in [0.5, 0.6) is 17.2 Å². The van der Waals surface area contributed by atoms with E-state index in [0.717, 1.165) is 41.2 Å². The van der Waals surface area contributed by atoms with E-state index in [1.54, 1.807) is 12.4 Å². The summed E-state index contributed by atoms with van der Waals surface area (Å²) in [5, 5.41) is 3.07. The molecule has 28 heavy (non-hydrogen) atoms. The Kier molecular flexibility index (Phi) is 5.23. The van der Waals surface area contributed by atoms with Crippen molar-refractivity contribution in [1.82, 2.24) is 15.2 Å². The first-order valence-electron chi connectivity index (χ1n) is 9.62. The van der Waals surface area contributed by atoms with E-state index in [2.05, 4.69) is 10.3 Å². The molecular formula is C21H25N3O4. The van der Waals surface area contributed by atoms with Gasteiger partial charge in [-0.1, -0.05) is 6.07 Å². The van der Waals surface area contributed by atoms with Gasteiger partial charge in [0.2, 0.25) is 6.79 Å². The molecule has 0 bridgehead atoms. The highest BCUT2D eigenvalue weighted by Gasteiger charge is 2.25. The maximum absolute atomic E-state index is 12.6. The van der Waals surface area contributed by atoms with Crippen molar-refractivity contribution in [3.63, 3.8) is 0 Å². The molecule has 0 radical (unpaired) electrons. The maximum Gasteiger partial charge on any atom is 0.317 e. The number of rotatable bonds is 4. The molecule has 2 aliphatic rings. The Morgan fingerprint density at radius 3 is 2.82 bits per heavy atom. The van der Waals surface area contributed by atoms with Crippen molar-refractivity contribution in [3.8, 4) is 17.2 Å². The highest BCUT2D eigenvalue weighted by atomic mass is 16.7. The summed E-state index contributed by atoms with van der Waals surface area (Å²) in [6, 6.07) is 7.48. The fourth-order valence-corrected chi connectivity index (χ4v) is 3.49. The van der Waals surface area contributed by atoms with Crippen LogP contribution in [0.3, 0.4) is 0 Å². The zero-order chi connectivity index (χ0) is 19.5. The lowest BCUT2D eigenvalue weighted by Gasteiger charge is -2.33. The fourth-order valence-electron chi connectivity index (χ4n) is 3.49. The van der Waals surface area contributed by atoms with Crippen molar-refractivity contribution < 1.29 is 19.0 Å². The van der Waals surface area contributed by atoms with Crippen LogP contribution >= 0.6 is 0 Å². The van der Waals surface area contributed by atoms with Crippen molar-refractivity contribution in [2.24, 2.45) is 0 Å². The molecule has 0 spiro atoms. The van der Waals surface area contributed by atoms with Crippen LogP contribution in [0.4, 0.5) is 4.79 Å². The van der Waals surface area contributed by atoms with Gasteiger partial charge in [-0.2, -0.15) is 0 Å². The quantitative estimate of drug-likeness (QED) is 0.876. The van der Waals surface area contributed by atoms with Gasteiger partial charge in [-0.15, -0.1) is 0 Å². The molecule has 1 unspecified atom stereocenters. The molecule has 2 amide bonds. The zero-order valence-electron chi connectivity index (χ0n) is 16.2. The molecule has 7 heteroatoms. The minimum atomic E-state index is -0.115. The Morgan fingerprint density at radius 2 is 2.04 bits per heavy atom. The van der Waals surface area contributed by atoms with E-state index in [-0.39, 0.29) is 25.0 Å². The summed E-state index contributed by atoms with van der Waals surface area (Å²) in [6.45, 7) is 5.55. The summed E-state index contributed by atoms with van der Waals surface area (Å²) in [4.78, 5) is 18.6. The van der Waals surface area contributed by atoms with Crippen molar-refractivity contribution in [2.45, 2.75) is 38.8 Å². The van der Waals surface area contributed by atoms with Crippen molar-refractivity contribution in [3.05, 3.63) is 47.8 Å². The summed E-state index contributed by atoms with van der Waals surface area (Å²) in [7, 11) is 0. The molecule has 148 valence electrons. The number of fused-ring (bicyclic) bond motifs is 1. The lowest BCUT2D eigenvalue weighted by Crippen LogP contribution is -2.47. The first kappa shape index (κ1) is 18.4. The van der Waals surface area contributed by atoms with Crippen LogP contribution in [0, 0.1) is 6.92 Å². The Balaban J connectivity index is 1.28. The second-order valence-electron chi connectivity index (χ2n) is 7.23. The summed E-state index contributed by atoms with van der Waals surface area (Å²) in [6.07, 6.45) is 5.29. The number of urea groups is 1. The van der Waals surface area contributed by atoms with E-state index in [0.29, 0.717) is 13.1 Å². The van der Waals surface area contributed by atoms with E-state index >= 15 is 0 Å². The van der Waals surface area contributed by atoms with Gasteiger partial charge in [0.1, 0.15) is 11.9 Å². The highest BCUT2D eigenvalue weighted by molar-refractivity contribution is 5.74. The average molecular weight is 383 g/mol. The van der Waals surface area contributed by atoms with Gasteiger partial charge in [0.25, 0.3) is 0 Å². The van der Waals surface area contributed by atoms with E-state index in [1.807, 2.05) is 43.0 Å². The summed E-state index contributed by atoms with van der Waals surface area (Å²) in [5.41, 5.74) is 2.02. The molecule has 2 aromatic rings. The van der Waals surface area contributed by atoms with Crippen molar-refractivity contribution in [1.29, 1.82) is 0 Å². The number of hydrogen-bond acceptors (Lipinski definition) is 5. The smallest absolute Gasteiger partial charge is 0.317 e. The first-order valence-corrected chi connectivity index (χ1v) is 9.62. The van der Waals surface area contributed by atoms with E-state index in [4.69, 9.17) is 14.2 Å². The number of aromatic nitrogens is 1. The van der Waals surface area contributed by atoms with Crippen LogP contribution < -0.4 is 19.5 Å². The van der Waals surface area contributed by atoms with Crippen LogP contribution in [-0.2, 0) is 0 Å². The topological polar surface area (TPSA) is 72.9 Å². The predicted molar refractivity (Wildman–Crippen MR) is 104 cm³/mol. The average Bonchev–Trinajstić information content (AvgIpc) is 3.18. The number of carbonyl (C=O) groups is 1. The molecule has 1 fully saturated rings. The summed E-state index contributed by atoms with van der Waals surface area (Å²) in [5.74, 6) is 2.34. The third kappa shape index (κ3) is 3.98. The minimum Gasteiger partial charge on any atom is -0.490 e. The van der Waals surface area contributed by atoms with Gasteiger partial charge in [-0.25, -0.2) is 4.79 Å². The number of nitrogens with zero attached hydrogens (tertiary/aromatic N) is 2. The molecule has 1 saturated heterocycles. The van der Waals surface area contributed by atoms with Crippen LogP contribution in [0.2, 0.25) is 0 Å². The number of ether oxygens (including phenoxy) is 3. The monoisotopic (exact) mass is 383 g/mol. The van der Waals surface area contributed by atoms with Gasteiger partial charge < -0.3 is 24.4 Å². The first-order chi connectivity index (χ1) is 13.6. The maximum atomic E-state index is 12.6. The second-order valence-corrected chi connectivity index (χ2v) is 7.23. The third-order valence-electron chi connectivity index (χ3n) is 5.23. The number of piperidine rings is 1. The Labute approximate surface area is 164 Å².